The minimum absolute atomic E-state index is 0.0205. The number of carbonyl (C=O) groups excluding carboxylic acids is 2. The number of piperidine rings is 1. The highest BCUT2D eigenvalue weighted by Gasteiger charge is 2.20. The van der Waals surface area contributed by atoms with Crippen molar-refractivity contribution in [3.63, 3.8) is 0 Å². The van der Waals surface area contributed by atoms with Crippen LogP contribution in [0.25, 0.3) is 0 Å². The van der Waals surface area contributed by atoms with Gasteiger partial charge < -0.3 is 30.3 Å². The third-order valence-corrected chi connectivity index (χ3v) is 7.63. The topological polar surface area (TPSA) is 91.9 Å². The number of unbranched alkanes of at least 4 members (excludes halogenated alkanes) is 1. The first-order valence-electron chi connectivity index (χ1n) is 15.3. The number of likely N-dealkylation sites (tertiary alicyclic amines) is 1. The molecule has 8 nitrogen and oxygen atoms in total. The van der Waals surface area contributed by atoms with E-state index in [-0.39, 0.29) is 29.8 Å². The maximum Gasteiger partial charge on any atom is 0.319 e. The molecule has 3 aromatic carbocycles. The molecular formula is C34H43FN4O4. The van der Waals surface area contributed by atoms with Gasteiger partial charge >= 0.3 is 6.03 Å². The zero-order valence-corrected chi connectivity index (χ0v) is 25.3. The molecule has 3 aromatic rings. The molecule has 0 aromatic heterocycles. The first-order valence-corrected chi connectivity index (χ1v) is 15.3. The van der Waals surface area contributed by atoms with Gasteiger partial charge in [0, 0.05) is 42.1 Å². The maximum absolute atomic E-state index is 14.7. The number of carbonyl (C=O) groups is 2. The van der Waals surface area contributed by atoms with Gasteiger partial charge in [0.2, 0.25) is 0 Å². The highest BCUT2D eigenvalue weighted by atomic mass is 19.1. The van der Waals surface area contributed by atoms with Gasteiger partial charge in [-0.15, -0.1) is 0 Å². The lowest BCUT2D eigenvalue weighted by atomic mass is 10.1. The molecule has 0 saturated carbocycles. The van der Waals surface area contributed by atoms with E-state index in [1.165, 1.54) is 25.0 Å². The lowest BCUT2D eigenvalue weighted by Crippen LogP contribution is -2.38. The molecule has 43 heavy (non-hydrogen) atoms. The predicted octanol–water partition coefficient (Wildman–Crippen LogP) is 7.82. The highest BCUT2D eigenvalue weighted by Crippen LogP contribution is 2.28. The van der Waals surface area contributed by atoms with Gasteiger partial charge in [0.05, 0.1) is 0 Å². The van der Waals surface area contributed by atoms with Gasteiger partial charge in [-0.05, 0) is 99.3 Å². The SMILES string of the molecule is CCCCN1CCC(Oc2ccc(C(=O)Nc3ccc(Oc4ccc(NC(=O)NC(CC)CC)cc4F)cc3)cc2)CC1. The van der Waals surface area contributed by atoms with E-state index < -0.39 is 5.82 Å². The molecule has 0 atom stereocenters. The first kappa shape index (κ1) is 31.8. The van der Waals surface area contributed by atoms with Crippen LogP contribution in [0.15, 0.2) is 66.7 Å². The number of halogens is 1. The summed E-state index contributed by atoms with van der Waals surface area (Å²) in [5.41, 5.74) is 1.43. The van der Waals surface area contributed by atoms with Crippen molar-refractivity contribution in [2.45, 2.75) is 71.4 Å². The van der Waals surface area contributed by atoms with E-state index >= 15 is 0 Å². The zero-order valence-electron chi connectivity index (χ0n) is 25.3. The summed E-state index contributed by atoms with van der Waals surface area (Å²) in [5, 5.41) is 8.37. The van der Waals surface area contributed by atoms with Crippen LogP contribution in [0.2, 0.25) is 0 Å². The minimum Gasteiger partial charge on any atom is -0.490 e. The van der Waals surface area contributed by atoms with Crippen molar-refractivity contribution in [3.05, 3.63) is 78.1 Å². The third kappa shape index (κ3) is 9.71. The van der Waals surface area contributed by atoms with Crippen LogP contribution in [-0.2, 0) is 0 Å². The number of nitrogens with one attached hydrogen (secondary N) is 3. The molecule has 0 spiro atoms. The van der Waals surface area contributed by atoms with Crippen LogP contribution in [0.5, 0.6) is 17.2 Å². The average Bonchev–Trinajstić information content (AvgIpc) is 3.02. The number of hydrogen-bond donors (Lipinski definition) is 3. The van der Waals surface area contributed by atoms with E-state index in [2.05, 4.69) is 27.8 Å². The molecule has 1 saturated heterocycles. The van der Waals surface area contributed by atoms with Crippen molar-refractivity contribution in [3.8, 4) is 17.2 Å². The van der Waals surface area contributed by atoms with Crippen molar-refractivity contribution in [1.29, 1.82) is 0 Å². The number of urea groups is 1. The molecule has 1 fully saturated rings. The lowest BCUT2D eigenvalue weighted by Gasteiger charge is -2.32. The largest absolute Gasteiger partial charge is 0.490 e. The molecular weight excluding hydrogens is 547 g/mol. The number of benzene rings is 3. The van der Waals surface area contributed by atoms with Crippen LogP contribution in [0.3, 0.4) is 0 Å². The summed E-state index contributed by atoms with van der Waals surface area (Å²) in [6.45, 7) is 9.49. The summed E-state index contributed by atoms with van der Waals surface area (Å²) >= 11 is 0. The Balaban J connectivity index is 1.24. The Kier molecular flexibility index (Phi) is 11.8. The Morgan fingerprint density at radius 2 is 1.53 bits per heavy atom. The number of rotatable bonds is 13. The molecule has 1 aliphatic heterocycles. The zero-order chi connectivity index (χ0) is 30.6. The molecule has 0 bridgehead atoms. The summed E-state index contributed by atoms with van der Waals surface area (Å²) in [6, 6.07) is 17.8. The fraction of sp³-hybridized carbons (Fsp3) is 0.412. The summed E-state index contributed by atoms with van der Waals surface area (Å²) in [5.74, 6) is 0.342. The Hall–Kier alpha value is -4.11. The van der Waals surface area contributed by atoms with Gasteiger partial charge in [-0.3, -0.25) is 4.79 Å². The lowest BCUT2D eigenvalue weighted by molar-refractivity contribution is 0.0996. The van der Waals surface area contributed by atoms with Crippen molar-refractivity contribution in [2.75, 3.05) is 30.3 Å². The van der Waals surface area contributed by atoms with Crippen LogP contribution in [0.4, 0.5) is 20.6 Å². The quantitative estimate of drug-likeness (QED) is 0.189. The van der Waals surface area contributed by atoms with Gasteiger partial charge in [0.25, 0.3) is 5.91 Å². The molecule has 1 aliphatic rings. The molecule has 0 unspecified atom stereocenters. The molecule has 0 radical (unpaired) electrons. The average molecular weight is 591 g/mol. The Bertz CT molecular complexity index is 1320. The molecule has 0 aliphatic carbocycles. The highest BCUT2D eigenvalue weighted by molar-refractivity contribution is 6.04. The van der Waals surface area contributed by atoms with Crippen LogP contribution < -0.4 is 25.4 Å². The number of anilines is 2. The van der Waals surface area contributed by atoms with Gasteiger partial charge in [0.1, 0.15) is 17.6 Å². The summed E-state index contributed by atoms with van der Waals surface area (Å²) in [6.07, 6.45) is 6.31. The summed E-state index contributed by atoms with van der Waals surface area (Å²) < 4.78 is 26.5. The van der Waals surface area contributed by atoms with E-state index in [1.54, 1.807) is 42.5 Å². The van der Waals surface area contributed by atoms with Crippen molar-refractivity contribution < 1.29 is 23.5 Å². The smallest absolute Gasteiger partial charge is 0.319 e. The van der Waals surface area contributed by atoms with Gasteiger partial charge in [0.15, 0.2) is 11.6 Å². The van der Waals surface area contributed by atoms with Crippen LogP contribution in [0, 0.1) is 5.82 Å². The van der Waals surface area contributed by atoms with E-state index in [9.17, 15) is 14.0 Å². The maximum atomic E-state index is 14.7. The van der Waals surface area contributed by atoms with Crippen LogP contribution >= 0.6 is 0 Å². The molecule has 1 heterocycles. The minimum atomic E-state index is -0.609. The summed E-state index contributed by atoms with van der Waals surface area (Å²) in [7, 11) is 0. The predicted molar refractivity (Wildman–Crippen MR) is 169 cm³/mol. The van der Waals surface area contributed by atoms with Crippen LogP contribution in [0.1, 0.15) is 69.7 Å². The second kappa shape index (κ2) is 15.9. The second-order valence-electron chi connectivity index (χ2n) is 10.9. The monoisotopic (exact) mass is 590 g/mol. The second-order valence-corrected chi connectivity index (χ2v) is 10.9. The standard InChI is InChI=1S/C34H43FN4O4/c1-4-7-20-39-21-18-30(19-22-39)42-28-13-8-24(9-14-28)33(40)36-26-10-15-29(16-11-26)43-32-17-12-27(23-31(32)35)38-34(41)37-25(5-2)6-3/h8-17,23,25,30H,4-7,18-22H2,1-3H3,(H,36,40)(H2,37,38,41). The number of hydrogen-bond acceptors (Lipinski definition) is 5. The van der Waals surface area contributed by atoms with Gasteiger partial charge in [-0.1, -0.05) is 27.2 Å². The van der Waals surface area contributed by atoms with E-state index in [4.69, 9.17) is 9.47 Å². The van der Waals surface area contributed by atoms with Crippen molar-refractivity contribution in [2.24, 2.45) is 0 Å². The third-order valence-electron chi connectivity index (χ3n) is 7.63. The Morgan fingerprint density at radius 3 is 2.16 bits per heavy atom. The normalized spacial score (nSPS) is 13.9. The van der Waals surface area contributed by atoms with E-state index in [0.717, 1.165) is 51.1 Å². The number of amides is 3. The molecule has 9 heteroatoms. The van der Waals surface area contributed by atoms with Gasteiger partial charge in [-0.25, -0.2) is 9.18 Å². The molecule has 4 rings (SSSR count). The fourth-order valence-electron chi connectivity index (χ4n) is 4.95. The number of nitrogens with zero attached hydrogens (tertiary/aromatic N) is 1. The van der Waals surface area contributed by atoms with Gasteiger partial charge in [-0.2, -0.15) is 0 Å². The summed E-state index contributed by atoms with van der Waals surface area (Å²) in [4.78, 5) is 27.4. The number of ether oxygens (including phenoxy) is 2. The first-order chi connectivity index (χ1) is 20.9. The molecule has 3 amide bonds. The van der Waals surface area contributed by atoms with E-state index in [1.807, 2.05) is 26.0 Å². The molecule has 230 valence electrons. The van der Waals surface area contributed by atoms with Crippen molar-refractivity contribution >= 4 is 23.3 Å². The Labute approximate surface area is 254 Å². The fourth-order valence-corrected chi connectivity index (χ4v) is 4.95. The molecule has 3 N–H and O–H groups in total. The Morgan fingerprint density at radius 1 is 0.884 bits per heavy atom. The van der Waals surface area contributed by atoms with Crippen molar-refractivity contribution in [1.82, 2.24) is 10.2 Å². The van der Waals surface area contributed by atoms with E-state index in [0.29, 0.717) is 22.7 Å². The van der Waals surface area contributed by atoms with Crippen LogP contribution in [-0.4, -0.2) is 48.6 Å².